The van der Waals surface area contributed by atoms with Gasteiger partial charge in [-0.15, -0.1) is 0 Å². The minimum Gasteiger partial charge on any atom is -0.380 e. The maximum Gasteiger partial charge on any atom is 0.195 e. The van der Waals surface area contributed by atoms with E-state index in [-0.39, 0.29) is 11.2 Å². The number of hydrogen-bond acceptors (Lipinski definition) is 2. The molecule has 1 N–H and O–H groups in total. The van der Waals surface area contributed by atoms with Crippen molar-refractivity contribution in [3.63, 3.8) is 0 Å². The first kappa shape index (κ1) is 16.7. The number of carbonyl (C=O) groups is 1. The van der Waals surface area contributed by atoms with Gasteiger partial charge in [-0.05, 0) is 29.2 Å². The van der Waals surface area contributed by atoms with Crippen molar-refractivity contribution in [2.24, 2.45) is 17.3 Å². The van der Waals surface area contributed by atoms with Crippen molar-refractivity contribution in [2.45, 2.75) is 40.2 Å². The van der Waals surface area contributed by atoms with Crippen LogP contribution in [0.4, 0.5) is 0 Å². The van der Waals surface area contributed by atoms with Crippen molar-refractivity contribution in [1.82, 2.24) is 0 Å². The molecule has 1 aromatic carbocycles. The van der Waals surface area contributed by atoms with Gasteiger partial charge < -0.3 is 5.11 Å². The molecule has 0 aromatic heterocycles. The fourth-order valence-corrected chi connectivity index (χ4v) is 3.32. The first-order valence-electron chi connectivity index (χ1n) is 8.05. The molecular formula is C20H26O2. The third kappa shape index (κ3) is 3.07. The van der Waals surface area contributed by atoms with Crippen molar-refractivity contribution < 1.29 is 9.90 Å². The SMILES string of the molecule is CC(C)C1(C(C)C)C=CC(C(=O)C(O)c2ccccc2)=CC1. The molecule has 0 bridgehead atoms. The van der Waals surface area contributed by atoms with E-state index in [1.807, 2.05) is 30.4 Å². The molecular weight excluding hydrogens is 272 g/mol. The van der Waals surface area contributed by atoms with Gasteiger partial charge in [-0.25, -0.2) is 0 Å². The highest BCUT2D eigenvalue weighted by molar-refractivity contribution is 6.01. The maximum atomic E-state index is 12.5. The first-order chi connectivity index (χ1) is 10.4. The average Bonchev–Trinajstić information content (AvgIpc) is 2.54. The van der Waals surface area contributed by atoms with Gasteiger partial charge in [0, 0.05) is 5.57 Å². The van der Waals surface area contributed by atoms with E-state index >= 15 is 0 Å². The summed E-state index contributed by atoms with van der Waals surface area (Å²) in [7, 11) is 0. The molecule has 1 atom stereocenters. The van der Waals surface area contributed by atoms with E-state index in [4.69, 9.17) is 0 Å². The summed E-state index contributed by atoms with van der Waals surface area (Å²) in [6, 6.07) is 9.10. The predicted octanol–water partition coefficient (Wildman–Crippen LogP) is 4.47. The summed E-state index contributed by atoms with van der Waals surface area (Å²) in [5.74, 6) is 0.801. The number of hydrogen-bond donors (Lipinski definition) is 1. The number of Topliss-reactive ketones (excluding diaryl/α,β-unsaturated/α-hetero) is 1. The number of carbonyl (C=O) groups excluding carboxylic acids is 1. The lowest BCUT2D eigenvalue weighted by Gasteiger charge is -2.40. The second kappa shape index (κ2) is 6.62. The normalized spacial score (nSPS) is 18.4. The number of allylic oxidation sites excluding steroid dienone is 3. The minimum absolute atomic E-state index is 0.0987. The largest absolute Gasteiger partial charge is 0.380 e. The summed E-state index contributed by atoms with van der Waals surface area (Å²) in [6.07, 6.45) is 5.84. The zero-order chi connectivity index (χ0) is 16.3. The van der Waals surface area contributed by atoms with Crippen molar-refractivity contribution in [1.29, 1.82) is 0 Å². The highest BCUT2D eigenvalue weighted by Crippen LogP contribution is 2.44. The van der Waals surface area contributed by atoms with Gasteiger partial charge in [0.05, 0.1) is 0 Å². The molecule has 2 rings (SSSR count). The van der Waals surface area contributed by atoms with Crippen LogP contribution in [0.15, 0.2) is 54.1 Å². The molecule has 1 unspecified atom stereocenters. The van der Waals surface area contributed by atoms with Crippen LogP contribution in [-0.2, 0) is 4.79 Å². The summed E-state index contributed by atoms with van der Waals surface area (Å²) in [5.41, 5.74) is 1.36. The lowest BCUT2D eigenvalue weighted by atomic mass is 9.64. The fourth-order valence-electron chi connectivity index (χ4n) is 3.32. The van der Waals surface area contributed by atoms with Gasteiger partial charge in [0.15, 0.2) is 5.78 Å². The maximum absolute atomic E-state index is 12.5. The molecule has 0 fully saturated rings. The summed E-state index contributed by atoms with van der Waals surface area (Å²) in [6.45, 7) is 8.90. The molecule has 0 amide bonds. The molecule has 1 aliphatic carbocycles. The van der Waals surface area contributed by atoms with Crippen LogP contribution in [-0.4, -0.2) is 10.9 Å². The Kier molecular flexibility index (Phi) is 5.02. The van der Waals surface area contributed by atoms with E-state index in [0.29, 0.717) is 23.0 Å². The molecule has 0 radical (unpaired) electrons. The van der Waals surface area contributed by atoms with Gasteiger partial charge >= 0.3 is 0 Å². The topological polar surface area (TPSA) is 37.3 Å². The summed E-state index contributed by atoms with van der Waals surface area (Å²) < 4.78 is 0. The van der Waals surface area contributed by atoms with Gasteiger partial charge in [-0.1, -0.05) is 76.3 Å². The Bertz CT molecular complexity index is 571. The number of aliphatic hydroxyl groups is 1. The Morgan fingerprint density at radius 3 is 2.14 bits per heavy atom. The molecule has 2 nitrogen and oxygen atoms in total. The molecule has 0 spiro atoms. The van der Waals surface area contributed by atoms with Crippen LogP contribution in [0.25, 0.3) is 0 Å². The molecule has 0 heterocycles. The van der Waals surface area contributed by atoms with Crippen molar-refractivity contribution in [3.05, 3.63) is 59.7 Å². The van der Waals surface area contributed by atoms with Crippen LogP contribution in [0.5, 0.6) is 0 Å². The van der Waals surface area contributed by atoms with Gasteiger partial charge in [-0.3, -0.25) is 4.79 Å². The van der Waals surface area contributed by atoms with Crippen LogP contribution in [0.3, 0.4) is 0 Å². The highest BCUT2D eigenvalue weighted by Gasteiger charge is 2.36. The molecule has 0 saturated carbocycles. The summed E-state index contributed by atoms with van der Waals surface area (Å²) >= 11 is 0. The van der Waals surface area contributed by atoms with Crippen molar-refractivity contribution in [3.8, 4) is 0 Å². The Labute approximate surface area is 133 Å². The van der Waals surface area contributed by atoms with E-state index in [1.165, 1.54) is 0 Å². The van der Waals surface area contributed by atoms with E-state index in [1.54, 1.807) is 12.1 Å². The monoisotopic (exact) mass is 298 g/mol. The number of ketones is 1. The molecule has 22 heavy (non-hydrogen) atoms. The van der Waals surface area contributed by atoms with Gasteiger partial charge in [0.25, 0.3) is 0 Å². The Morgan fingerprint density at radius 2 is 1.68 bits per heavy atom. The average molecular weight is 298 g/mol. The van der Waals surface area contributed by atoms with Gasteiger partial charge in [0.1, 0.15) is 6.10 Å². The van der Waals surface area contributed by atoms with E-state index in [2.05, 4.69) is 33.8 Å². The highest BCUT2D eigenvalue weighted by atomic mass is 16.3. The minimum atomic E-state index is -1.08. The van der Waals surface area contributed by atoms with Crippen molar-refractivity contribution >= 4 is 5.78 Å². The van der Waals surface area contributed by atoms with Gasteiger partial charge in [-0.2, -0.15) is 0 Å². The van der Waals surface area contributed by atoms with Crippen LogP contribution >= 0.6 is 0 Å². The standard InChI is InChI=1S/C20H26O2/c1-14(2)20(15(3)4)12-10-17(11-13-20)19(22)18(21)16-8-6-5-7-9-16/h5-12,14-15,18,21H,13H2,1-4H3. The van der Waals surface area contributed by atoms with Crippen molar-refractivity contribution in [2.75, 3.05) is 0 Å². The molecule has 0 saturated heterocycles. The quantitative estimate of drug-likeness (QED) is 0.870. The summed E-state index contributed by atoms with van der Waals surface area (Å²) in [4.78, 5) is 12.5. The Morgan fingerprint density at radius 1 is 1.09 bits per heavy atom. The second-order valence-electron chi connectivity index (χ2n) is 6.80. The Hall–Kier alpha value is -1.67. The second-order valence-corrected chi connectivity index (χ2v) is 6.80. The number of benzene rings is 1. The van der Waals surface area contributed by atoms with E-state index in [0.717, 1.165) is 6.42 Å². The predicted molar refractivity (Wildman–Crippen MR) is 90.4 cm³/mol. The zero-order valence-corrected chi connectivity index (χ0v) is 13.9. The molecule has 2 heteroatoms. The lowest BCUT2D eigenvalue weighted by molar-refractivity contribution is -0.123. The first-order valence-corrected chi connectivity index (χ1v) is 8.05. The van der Waals surface area contributed by atoms with E-state index < -0.39 is 6.10 Å². The molecule has 118 valence electrons. The van der Waals surface area contributed by atoms with Crippen LogP contribution in [0.1, 0.15) is 45.8 Å². The van der Waals surface area contributed by atoms with Crippen LogP contribution in [0, 0.1) is 17.3 Å². The molecule has 0 aliphatic heterocycles. The number of rotatable bonds is 5. The zero-order valence-electron chi connectivity index (χ0n) is 13.9. The van der Waals surface area contributed by atoms with Crippen LogP contribution < -0.4 is 0 Å². The van der Waals surface area contributed by atoms with Gasteiger partial charge in [0.2, 0.25) is 0 Å². The third-order valence-electron chi connectivity index (χ3n) is 5.05. The third-order valence-corrected chi connectivity index (χ3v) is 5.05. The van der Waals surface area contributed by atoms with Crippen LogP contribution in [0.2, 0.25) is 0 Å². The van der Waals surface area contributed by atoms with E-state index in [9.17, 15) is 9.90 Å². The summed E-state index contributed by atoms with van der Waals surface area (Å²) in [5, 5.41) is 10.3. The molecule has 1 aliphatic rings. The molecule has 1 aromatic rings. The smallest absolute Gasteiger partial charge is 0.195 e. The fraction of sp³-hybridized carbons (Fsp3) is 0.450. The Balaban J connectivity index is 2.18. The number of aliphatic hydroxyl groups excluding tert-OH is 1. The lowest BCUT2D eigenvalue weighted by Crippen LogP contribution is -2.32.